The molecule has 34 heavy (non-hydrogen) atoms. The highest BCUT2D eigenvalue weighted by atomic mass is 19.1. The first kappa shape index (κ1) is 22.3. The first-order valence-electron chi connectivity index (χ1n) is 11.4. The van der Waals surface area contributed by atoms with E-state index in [1.54, 1.807) is 11.8 Å². The molecule has 3 heterocycles. The summed E-state index contributed by atoms with van der Waals surface area (Å²) in [7, 11) is 0. The summed E-state index contributed by atoms with van der Waals surface area (Å²) in [4.78, 5) is 22.9. The molecule has 2 unspecified atom stereocenters. The molecule has 2 saturated heterocycles. The number of rotatable bonds is 5. The number of benzene rings is 1. The van der Waals surface area contributed by atoms with E-state index in [0.29, 0.717) is 43.6 Å². The third-order valence-electron chi connectivity index (χ3n) is 6.69. The van der Waals surface area contributed by atoms with Gasteiger partial charge in [-0.05, 0) is 44.9 Å². The number of amides is 1. The minimum atomic E-state index is -0.550. The average Bonchev–Trinajstić information content (AvgIpc) is 3.53. The zero-order valence-electron chi connectivity index (χ0n) is 19.1. The molecule has 1 aromatic carbocycles. The summed E-state index contributed by atoms with van der Waals surface area (Å²) >= 11 is 0. The van der Waals surface area contributed by atoms with Crippen LogP contribution in [0.1, 0.15) is 30.9 Å². The van der Waals surface area contributed by atoms with E-state index < -0.39 is 5.82 Å². The Kier molecular flexibility index (Phi) is 5.73. The van der Waals surface area contributed by atoms with E-state index in [9.17, 15) is 9.18 Å². The Morgan fingerprint density at radius 1 is 1.29 bits per heavy atom. The van der Waals surface area contributed by atoms with Crippen LogP contribution in [0.5, 0.6) is 5.88 Å². The Balaban J connectivity index is 1.30. The predicted molar refractivity (Wildman–Crippen MR) is 119 cm³/mol. The fraction of sp³-hybridized carbons (Fsp3) is 0.500. The molecule has 1 amide bonds. The Hall–Kier alpha value is -3.45. The van der Waals surface area contributed by atoms with Gasteiger partial charge in [-0.1, -0.05) is 0 Å². The maximum absolute atomic E-state index is 14.3. The van der Waals surface area contributed by atoms with Gasteiger partial charge in [-0.15, -0.1) is 0 Å². The number of ether oxygens (including phenoxy) is 3. The van der Waals surface area contributed by atoms with Gasteiger partial charge in [0.1, 0.15) is 29.7 Å². The highest BCUT2D eigenvalue weighted by Crippen LogP contribution is 2.40. The number of hydrogen-bond acceptors (Lipinski definition) is 8. The van der Waals surface area contributed by atoms with Gasteiger partial charge in [0.15, 0.2) is 0 Å². The molecule has 0 spiro atoms. The molecule has 1 saturated carbocycles. The van der Waals surface area contributed by atoms with Crippen molar-refractivity contribution in [2.24, 2.45) is 11.8 Å². The smallest absolute Gasteiger partial charge is 0.410 e. The van der Waals surface area contributed by atoms with Crippen molar-refractivity contribution in [3.8, 4) is 11.9 Å². The highest BCUT2D eigenvalue weighted by molar-refractivity contribution is 5.69. The van der Waals surface area contributed by atoms with Crippen LogP contribution in [0.15, 0.2) is 24.5 Å². The van der Waals surface area contributed by atoms with Crippen molar-refractivity contribution in [2.75, 3.05) is 31.6 Å². The van der Waals surface area contributed by atoms with Crippen LogP contribution >= 0.6 is 0 Å². The molecule has 0 radical (unpaired) electrons. The lowest BCUT2D eigenvalue weighted by Gasteiger charge is -2.46. The predicted octanol–water partition coefficient (Wildman–Crippen LogP) is 3.55. The second-order valence-electron chi connectivity index (χ2n) is 9.45. The summed E-state index contributed by atoms with van der Waals surface area (Å²) in [6.45, 7) is 5.69. The molecule has 2 atom stereocenters. The third kappa shape index (κ3) is 4.48. The Morgan fingerprint density at radius 3 is 2.68 bits per heavy atom. The first-order chi connectivity index (χ1) is 16.3. The molecule has 178 valence electrons. The van der Waals surface area contributed by atoms with Crippen LogP contribution in [0.25, 0.3) is 0 Å². The third-order valence-corrected chi connectivity index (χ3v) is 6.69. The summed E-state index contributed by atoms with van der Waals surface area (Å²) in [6, 6.07) is 6.10. The number of nitrogens with zero attached hydrogens (tertiary/aromatic N) is 4. The molecule has 1 aliphatic carbocycles. The maximum atomic E-state index is 14.3. The summed E-state index contributed by atoms with van der Waals surface area (Å²) < 4.78 is 32.1. The number of likely N-dealkylation sites (tertiary alicyclic amines) is 1. The number of aromatic nitrogens is 2. The second kappa shape index (κ2) is 8.72. The number of halogens is 1. The molecular formula is C24H26FN5O4. The van der Waals surface area contributed by atoms with Crippen LogP contribution in [-0.2, 0) is 9.47 Å². The standard InChI is InChI=1S/C24H26FN5O4/c1-14-21(29-19-4-3-15(8-26)7-18(19)25)27-13-28-22(14)33-20-16-9-30(10-17(20)12-32-11-16)23(31)34-24(2)5-6-24/h3-4,7,13,16-17,20H,5-6,9-12H2,1-2H3,(H,27,28,29). The summed E-state index contributed by atoms with van der Waals surface area (Å²) in [5.41, 5.74) is 0.759. The highest BCUT2D eigenvalue weighted by Gasteiger charge is 2.47. The fourth-order valence-corrected chi connectivity index (χ4v) is 4.42. The normalized spacial score (nSPS) is 24.6. The van der Waals surface area contributed by atoms with Gasteiger partial charge < -0.3 is 24.4 Å². The van der Waals surface area contributed by atoms with Crippen LogP contribution in [0.2, 0.25) is 0 Å². The van der Waals surface area contributed by atoms with Gasteiger partial charge in [0.25, 0.3) is 0 Å². The van der Waals surface area contributed by atoms with Crippen LogP contribution in [-0.4, -0.2) is 59.0 Å². The minimum absolute atomic E-state index is 0.0196. The maximum Gasteiger partial charge on any atom is 0.410 e. The number of nitrogens with one attached hydrogen (secondary N) is 1. The fourth-order valence-electron chi connectivity index (χ4n) is 4.42. The van der Waals surface area contributed by atoms with E-state index in [4.69, 9.17) is 19.5 Å². The molecular weight excluding hydrogens is 441 g/mol. The van der Waals surface area contributed by atoms with E-state index in [2.05, 4.69) is 15.3 Å². The second-order valence-corrected chi connectivity index (χ2v) is 9.45. The molecule has 2 aliphatic heterocycles. The minimum Gasteiger partial charge on any atom is -0.473 e. The molecule has 3 aliphatic rings. The van der Waals surface area contributed by atoms with Gasteiger partial charge in [0.2, 0.25) is 5.88 Å². The molecule has 2 bridgehead atoms. The molecule has 10 heteroatoms. The Bertz CT molecular complexity index is 1130. The largest absolute Gasteiger partial charge is 0.473 e. The monoisotopic (exact) mass is 467 g/mol. The van der Waals surface area contributed by atoms with E-state index in [-0.39, 0.29) is 40.9 Å². The first-order valence-corrected chi connectivity index (χ1v) is 11.4. The van der Waals surface area contributed by atoms with Crippen molar-refractivity contribution in [1.29, 1.82) is 5.26 Å². The van der Waals surface area contributed by atoms with Crippen molar-refractivity contribution in [3.63, 3.8) is 0 Å². The molecule has 2 aromatic rings. The van der Waals surface area contributed by atoms with Gasteiger partial charge >= 0.3 is 6.09 Å². The topological polar surface area (TPSA) is 110 Å². The number of piperidine rings is 1. The number of anilines is 2. The van der Waals surface area contributed by atoms with Crippen molar-refractivity contribution in [2.45, 2.75) is 38.4 Å². The summed E-state index contributed by atoms with van der Waals surface area (Å²) in [5, 5.41) is 11.9. The number of hydrogen-bond donors (Lipinski definition) is 1. The number of carbonyl (C=O) groups is 1. The van der Waals surface area contributed by atoms with Crippen LogP contribution in [0.4, 0.5) is 20.7 Å². The van der Waals surface area contributed by atoms with Gasteiger partial charge in [0.05, 0.1) is 36.1 Å². The lowest BCUT2D eigenvalue weighted by molar-refractivity contribution is -0.111. The number of carbonyl (C=O) groups excluding carboxylic acids is 1. The van der Waals surface area contributed by atoms with Crippen molar-refractivity contribution >= 4 is 17.6 Å². The average molecular weight is 468 g/mol. The zero-order chi connectivity index (χ0) is 23.9. The van der Waals surface area contributed by atoms with Crippen LogP contribution in [0, 0.1) is 35.9 Å². The van der Waals surface area contributed by atoms with Crippen LogP contribution in [0.3, 0.4) is 0 Å². The van der Waals surface area contributed by atoms with Crippen molar-refractivity contribution < 1.29 is 23.4 Å². The van der Waals surface area contributed by atoms with Gasteiger partial charge in [-0.25, -0.2) is 19.2 Å². The molecule has 1 aromatic heterocycles. The molecule has 9 nitrogen and oxygen atoms in total. The van der Waals surface area contributed by atoms with Gasteiger partial charge in [0, 0.05) is 24.9 Å². The van der Waals surface area contributed by atoms with Crippen molar-refractivity contribution in [3.05, 3.63) is 41.5 Å². The Morgan fingerprint density at radius 2 is 2.03 bits per heavy atom. The number of nitriles is 1. The van der Waals surface area contributed by atoms with Crippen molar-refractivity contribution in [1.82, 2.24) is 14.9 Å². The lowest BCUT2D eigenvalue weighted by Crippen LogP contribution is -2.59. The van der Waals surface area contributed by atoms with E-state index in [0.717, 1.165) is 12.8 Å². The van der Waals surface area contributed by atoms with E-state index >= 15 is 0 Å². The molecule has 3 fully saturated rings. The molecule has 1 N–H and O–H groups in total. The zero-order valence-corrected chi connectivity index (χ0v) is 19.1. The summed E-state index contributed by atoms with van der Waals surface area (Å²) in [5.74, 6) is 0.219. The molecule has 5 rings (SSSR count). The quantitative estimate of drug-likeness (QED) is 0.711. The summed E-state index contributed by atoms with van der Waals surface area (Å²) in [6.07, 6.45) is 2.72. The SMILES string of the molecule is Cc1c(Nc2ccc(C#N)cc2F)ncnc1OC1C2COCC1CN(C(=O)OC1(C)CC1)C2. The van der Waals surface area contributed by atoms with E-state index in [1.165, 1.54) is 24.5 Å². The van der Waals surface area contributed by atoms with Gasteiger partial charge in [-0.3, -0.25) is 0 Å². The Labute approximate surface area is 196 Å². The lowest BCUT2D eigenvalue weighted by atomic mass is 9.84. The van der Waals surface area contributed by atoms with E-state index in [1.807, 2.05) is 13.0 Å². The van der Waals surface area contributed by atoms with Gasteiger partial charge in [-0.2, -0.15) is 5.26 Å². The van der Waals surface area contributed by atoms with Crippen LogP contribution < -0.4 is 10.1 Å². The number of fused-ring (bicyclic) bond motifs is 2.